The summed E-state index contributed by atoms with van der Waals surface area (Å²) >= 11 is 0. The Kier molecular flexibility index (Phi) is 0.844. The van der Waals surface area contributed by atoms with E-state index < -0.39 is 0 Å². The van der Waals surface area contributed by atoms with Gasteiger partial charge in [0, 0.05) is 0 Å². The van der Waals surface area contributed by atoms with Crippen LogP contribution in [0.15, 0.2) is 12.2 Å². The van der Waals surface area contributed by atoms with Crippen LogP contribution in [0.4, 0.5) is 0 Å². The van der Waals surface area contributed by atoms with E-state index in [4.69, 9.17) is 0 Å². The zero-order chi connectivity index (χ0) is 6.36. The Bertz CT molecular complexity index is 158. The molecule has 0 aliphatic heterocycles. The highest BCUT2D eigenvalue weighted by atomic mass is 16.1. The van der Waals surface area contributed by atoms with Crippen molar-refractivity contribution in [2.24, 2.45) is 5.41 Å². The van der Waals surface area contributed by atoms with Crippen LogP contribution < -0.4 is 0 Å². The topological polar surface area (TPSA) is 17.1 Å². The predicted octanol–water partition coefficient (Wildman–Crippen LogP) is 1.54. The molecule has 1 fully saturated rings. The maximum atomic E-state index is 10.7. The van der Waals surface area contributed by atoms with Gasteiger partial charge in [0.1, 0.15) is 5.78 Å². The van der Waals surface area contributed by atoms with Gasteiger partial charge in [-0.1, -0.05) is 12.2 Å². The van der Waals surface area contributed by atoms with E-state index in [2.05, 4.69) is 6.58 Å². The standard InChI is InChI=1S/C7H10O/c1-5-4-7(5,3)6(2)8/h1,4H2,2-3H3. The minimum absolute atomic E-state index is 0.125. The zero-order valence-electron chi connectivity index (χ0n) is 5.32. The molecule has 1 aliphatic carbocycles. The predicted molar refractivity (Wildman–Crippen MR) is 32.5 cm³/mol. The van der Waals surface area contributed by atoms with Gasteiger partial charge in [-0.15, -0.1) is 0 Å². The monoisotopic (exact) mass is 110 g/mol. The van der Waals surface area contributed by atoms with Crippen molar-refractivity contribution in [2.45, 2.75) is 20.3 Å². The van der Waals surface area contributed by atoms with Crippen LogP contribution in [0, 0.1) is 5.41 Å². The third-order valence-electron chi connectivity index (χ3n) is 2.00. The van der Waals surface area contributed by atoms with Gasteiger partial charge in [0.2, 0.25) is 0 Å². The van der Waals surface area contributed by atoms with E-state index in [1.54, 1.807) is 6.92 Å². The number of carbonyl (C=O) groups is 1. The van der Waals surface area contributed by atoms with Crippen molar-refractivity contribution in [1.82, 2.24) is 0 Å². The minimum Gasteiger partial charge on any atom is -0.299 e. The molecule has 0 aromatic rings. The number of rotatable bonds is 1. The Morgan fingerprint density at radius 3 is 2.25 bits per heavy atom. The average Bonchev–Trinajstić information content (AvgIpc) is 2.17. The van der Waals surface area contributed by atoms with E-state index in [1.807, 2.05) is 6.92 Å². The largest absolute Gasteiger partial charge is 0.299 e. The van der Waals surface area contributed by atoms with E-state index in [1.165, 1.54) is 0 Å². The van der Waals surface area contributed by atoms with Gasteiger partial charge < -0.3 is 0 Å². The molecule has 1 unspecified atom stereocenters. The van der Waals surface area contributed by atoms with Crippen molar-refractivity contribution in [1.29, 1.82) is 0 Å². The van der Waals surface area contributed by atoms with E-state index in [9.17, 15) is 4.79 Å². The number of hydrogen-bond donors (Lipinski definition) is 0. The molecule has 1 atom stereocenters. The van der Waals surface area contributed by atoms with Crippen LogP contribution >= 0.6 is 0 Å². The molecule has 1 rings (SSSR count). The summed E-state index contributed by atoms with van der Waals surface area (Å²) in [6.45, 7) is 7.29. The summed E-state index contributed by atoms with van der Waals surface area (Å²) in [4.78, 5) is 10.7. The van der Waals surface area contributed by atoms with Crippen molar-refractivity contribution in [3.05, 3.63) is 12.2 Å². The highest BCUT2D eigenvalue weighted by Crippen LogP contribution is 2.50. The molecule has 0 saturated heterocycles. The molecule has 1 nitrogen and oxygen atoms in total. The summed E-state index contributed by atoms with van der Waals surface area (Å²) in [6.07, 6.45) is 0.905. The molecule has 0 bridgehead atoms. The van der Waals surface area contributed by atoms with Gasteiger partial charge >= 0.3 is 0 Å². The summed E-state index contributed by atoms with van der Waals surface area (Å²) in [5, 5.41) is 0. The van der Waals surface area contributed by atoms with Crippen molar-refractivity contribution in [3.63, 3.8) is 0 Å². The molecule has 1 heteroatoms. The molecule has 0 N–H and O–H groups in total. The Hall–Kier alpha value is -0.590. The highest BCUT2D eigenvalue weighted by Gasteiger charge is 2.46. The average molecular weight is 110 g/mol. The number of carbonyl (C=O) groups excluding carboxylic acids is 1. The van der Waals surface area contributed by atoms with E-state index >= 15 is 0 Å². The molecular formula is C7H10O. The lowest BCUT2D eigenvalue weighted by Gasteiger charge is -1.97. The fourth-order valence-corrected chi connectivity index (χ4v) is 0.756. The van der Waals surface area contributed by atoms with E-state index in [0.717, 1.165) is 12.0 Å². The molecule has 0 spiro atoms. The quantitative estimate of drug-likeness (QED) is 0.468. The van der Waals surface area contributed by atoms with Gasteiger partial charge in [-0.3, -0.25) is 4.79 Å². The summed E-state index contributed by atoms with van der Waals surface area (Å²) in [5.41, 5.74) is 0.963. The summed E-state index contributed by atoms with van der Waals surface area (Å²) in [5.74, 6) is 0.252. The first-order valence-electron chi connectivity index (χ1n) is 2.76. The van der Waals surface area contributed by atoms with Crippen molar-refractivity contribution >= 4 is 5.78 Å². The Labute approximate surface area is 49.4 Å². The van der Waals surface area contributed by atoms with Crippen molar-refractivity contribution in [2.75, 3.05) is 0 Å². The fraction of sp³-hybridized carbons (Fsp3) is 0.571. The van der Waals surface area contributed by atoms with E-state index in [-0.39, 0.29) is 11.2 Å². The van der Waals surface area contributed by atoms with Gasteiger partial charge in [-0.2, -0.15) is 0 Å². The fourth-order valence-electron chi connectivity index (χ4n) is 0.756. The first kappa shape index (κ1) is 5.54. The van der Waals surface area contributed by atoms with Crippen LogP contribution in [0.3, 0.4) is 0 Å². The maximum Gasteiger partial charge on any atom is 0.140 e. The van der Waals surface area contributed by atoms with Crippen LogP contribution in [0.2, 0.25) is 0 Å². The van der Waals surface area contributed by atoms with Gasteiger partial charge in [0.05, 0.1) is 5.41 Å². The summed E-state index contributed by atoms with van der Waals surface area (Å²) in [6, 6.07) is 0. The number of hydrogen-bond acceptors (Lipinski definition) is 1. The second-order valence-electron chi connectivity index (χ2n) is 2.67. The Balaban J connectivity index is 2.73. The zero-order valence-corrected chi connectivity index (χ0v) is 5.32. The van der Waals surface area contributed by atoms with E-state index in [0.29, 0.717) is 0 Å². The lowest BCUT2D eigenvalue weighted by atomic mass is 10.1. The van der Waals surface area contributed by atoms with Crippen LogP contribution in [0.25, 0.3) is 0 Å². The molecular weight excluding hydrogens is 100 g/mol. The van der Waals surface area contributed by atoms with Crippen molar-refractivity contribution in [3.8, 4) is 0 Å². The third-order valence-corrected chi connectivity index (χ3v) is 2.00. The van der Waals surface area contributed by atoms with Gasteiger partial charge in [-0.05, 0) is 20.3 Å². The highest BCUT2D eigenvalue weighted by molar-refractivity contribution is 5.90. The van der Waals surface area contributed by atoms with Gasteiger partial charge in [0.15, 0.2) is 0 Å². The minimum atomic E-state index is -0.125. The molecule has 0 amide bonds. The lowest BCUT2D eigenvalue weighted by molar-refractivity contribution is -0.120. The Morgan fingerprint density at radius 1 is 1.88 bits per heavy atom. The van der Waals surface area contributed by atoms with Gasteiger partial charge in [0.25, 0.3) is 0 Å². The number of allylic oxidation sites excluding steroid dienone is 1. The third kappa shape index (κ3) is 0.507. The van der Waals surface area contributed by atoms with Crippen molar-refractivity contribution < 1.29 is 4.79 Å². The summed E-state index contributed by atoms with van der Waals surface area (Å²) < 4.78 is 0. The van der Waals surface area contributed by atoms with Crippen LogP contribution in [0.5, 0.6) is 0 Å². The lowest BCUT2D eigenvalue weighted by Crippen LogP contribution is -2.05. The smallest absolute Gasteiger partial charge is 0.140 e. The molecule has 0 aromatic heterocycles. The normalized spacial score (nSPS) is 35.0. The summed E-state index contributed by atoms with van der Waals surface area (Å²) in [7, 11) is 0. The number of ketones is 1. The second kappa shape index (κ2) is 1.22. The maximum absolute atomic E-state index is 10.7. The molecule has 8 heavy (non-hydrogen) atoms. The van der Waals surface area contributed by atoms with Crippen LogP contribution in [0.1, 0.15) is 20.3 Å². The molecule has 0 heterocycles. The van der Waals surface area contributed by atoms with Gasteiger partial charge in [-0.25, -0.2) is 0 Å². The first-order valence-corrected chi connectivity index (χ1v) is 2.76. The molecule has 1 aliphatic rings. The number of Topliss-reactive ketones (excluding diaryl/α,β-unsaturated/α-hetero) is 1. The SMILES string of the molecule is C=C1CC1(C)C(C)=O. The van der Waals surface area contributed by atoms with Crippen LogP contribution in [-0.2, 0) is 4.79 Å². The first-order chi connectivity index (χ1) is 3.57. The molecule has 0 radical (unpaired) electrons. The Morgan fingerprint density at radius 2 is 2.25 bits per heavy atom. The molecule has 0 aromatic carbocycles. The molecule has 1 saturated carbocycles. The van der Waals surface area contributed by atoms with Crippen LogP contribution in [-0.4, -0.2) is 5.78 Å². The second-order valence-corrected chi connectivity index (χ2v) is 2.67. The molecule has 44 valence electrons.